The minimum Gasteiger partial charge on any atom is -0.305 e. The lowest BCUT2D eigenvalue weighted by molar-refractivity contribution is -0.137. The maximum Gasteiger partial charge on any atom is 0.416 e. The predicted octanol–water partition coefficient (Wildman–Crippen LogP) is 6.01. The van der Waals surface area contributed by atoms with Gasteiger partial charge in [0.1, 0.15) is 0 Å². The third-order valence-electron chi connectivity index (χ3n) is 4.18. The van der Waals surface area contributed by atoms with Crippen molar-refractivity contribution >= 4 is 33.2 Å². The number of benzene rings is 2. The molecule has 27 heavy (non-hydrogen) atoms. The highest BCUT2D eigenvalue weighted by Gasteiger charge is 2.30. The number of alkyl halides is 3. The standard InChI is InChI=1S/C19H14F3N3S2/c1-25-17(15-11-26-16-8-3-2-7-14(15)16)23-24-18(25)27-10-12-5-4-6-13(9-12)19(20,21)22/h2-9,11H,10H2,1H3. The molecule has 2 aromatic carbocycles. The SMILES string of the molecule is Cn1c(SCc2cccc(C(F)(F)F)c2)nnc1-c1csc2ccccc12. The average Bonchev–Trinajstić information content (AvgIpc) is 3.23. The Morgan fingerprint density at radius 2 is 1.89 bits per heavy atom. The Morgan fingerprint density at radius 3 is 2.70 bits per heavy atom. The van der Waals surface area contributed by atoms with Crippen molar-refractivity contribution in [2.75, 3.05) is 0 Å². The zero-order valence-electron chi connectivity index (χ0n) is 14.2. The first-order valence-electron chi connectivity index (χ1n) is 8.08. The van der Waals surface area contributed by atoms with Gasteiger partial charge in [0.25, 0.3) is 0 Å². The first-order valence-corrected chi connectivity index (χ1v) is 9.95. The van der Waals surface area contributed by atoms with Crippen molar-refractivity contribution in [1.82, 2.24) is 14.8 Å². The molecule has 0 bridgehead atoms. The van der Waals surface area contributed by atoms with Gasteiger partial charge in [0.05, 0.1) is 5.56 Å². The molecule has 0 saturated heterocycles. The van der Waals surface area contributed by atoms with E-state index in [1.165, 1.54) is 28.6 Å². The molecule has 0 unspecified atom stereocenters. The van der Waals surface area contributed by atoms with Gasteiger partial charge < -0.3 is 4.57 Å². The molecule has 0 aliphatic carbocycles. The molecule has 3 nitrogen and oxygen atoms in total. The highest BCUT2D eigenvalue weighted by Crippen LogP contribution is 2.35. The molecule has 0 atom stereocenters. The van der Waals surface area contributed by atoms with Crippen LogP contribution in [-0.2, 0) is 19.0 Å². The highest BCUT2D eigenvalue weighted by molar-refractivity contribution is 7.98. The van der Waals surface area contributed by atoms with Crippen molar-refractivity contribution < 1.29 is 13.2 Å². The molecule has 0 amide bonds. The summed E-state index contributed by atoms with van der Waals surface area (Å²) < 4.78 is 41.6. The number of fused-ring (bicyclic) bond motifs is 1. The molecule has 0 radical (unpaired) electrons. The summed E-state index contributed by atoms with van der Waals surface area (Å²) in [5.41, 5.74) is 0.973. The van der Waals surface area contributed by atoms with Crippen LogP contribution in [0.3, 0.4) is 0 Å². The third-order valence-corrected chi connectivity index (χ3v) is 6.23. The van der Waals surface area contributed by atoms with Crippen molar-refractivity contribution in [3.8, 4) is 11.4 Å². The molecule has 4 rings (SSSR count). The highest BCUT2D eigenvalue weighted by atomic mass is 32.2. The number of halogens is 3. The Morgan fingerprint density at radius 1 is 1.07 bits per heavy atom. The van der Waals surface area contributed by atoms with Gasteiger partial charge in [-0.05, 0) is 17.7 Å². The fourth-order valence-electron chi connectivity index (χ4n) is 2.81. The summed E-state index contributed by atoms with van der Waals surface area (Å²) in [5, 5.41) is 12.4. The molecule has 4 aromatic rings. The van der Waals surface area contributed by atoms with Crippen LogP contribution in [0.4, 0.5) is 13.2 Å². The van der Waals surface area contributed by atoms with Crippen LogP contribution >= 0.6 is 23.1 Å². The van der Waals surface area contributed by atoms with E-state index in [0.29, 0.717) is 16.5 Å². The number of rotatable bonds is 4. The van der Waals surface area contributed by atoms with Gasteiger partial charge in [-0.2, -0.15) is 13.2 Å². The smallest absolute Gasteiger partial charge is 0.305 e. The fraction of sp³-hybridized carbons (Fsp3) is 0.158. The first kappa shape index (κ1) is 18.1. The van der Waals surface area contributed by atoms with Gasteiger partial charge in [0.15, 0.2) is 11.0 Å². The minimum absolute atomic E-state index is 0.389. The summed E-state index contributed by atoms with van der Waals surface area (Å²) in [6.07, 6.45) is -4.33. The van der Waals surface area contributed by atoms with E-state index in [1.54, 1.807) is 17.4 Å². The maximum absolute atomic E-state index is 12.9. The van der Waals surface area contributed by atoms with E-state index in [4.69, 9.17) is 0 Å². The normalized spacial score (nSPS) is 12.0. The Kier molecular flexibility index (Phi) is 4.69. The fourth-order valence-corrected chi connectivity index (χ4v) is 4.60. The van der Waals surface area contributed by atoms with E-state index in [1.807, 2.05) is 29.8 Å². The van der Waals surface area contributed by atoms with Crippen LogP contribution in [0.1, 0.15) is 11.1 Å². The number of aromatic nitrogens is 3. The Bertz CT molecular complexity index is 1100. The van der Waals surface area contributed by atoms with E-state index in [-0.39, 0.29) is 0 Å². The topological polar surface area (TPSA) is 30.7 Å². The van der Waals surface area contributed by atoms with E-state index in [9.17, 15) is 13.2 Å². The summed E-state index contributed by atoms with van der Waals surface area (Å²) in [6, 6.07) is 13.5. The Hall–Kier alpha value is -2.32. The molecular weight excluding hydrogens is 391 g/mol. The van der Waals surface area contributed by atoms with Gasteiger partial charge in [-0.15, -0.1) is 21.5 Å². The molecule has 0 spiro atoms. The van der Waals surface area contributed by atoms with Crippen molar-refractivity contribution in [1.29, 1.82) is 0 Å². The minimum atomic E-state index is -4.33. The predicted molar refractivity (Wildman–Crippen MR) is 103 cm³/mol. The number of thiophene rings is 1. The third kappa shape index (κ3) is 3.59. The molecule has 0 saturated carbocycles. The van der Waals surface area contributed by atoms with Crippen LogP contribution in [0.5, 0.6) is 0 Å². The van der Waals surface area contributed by atoms with Crippen LogP contribution in [0.15, 0.2) is 59.1 Å². The van der Waals surface area contributed by atoms with Gasteiger partial charge in [0.2, 0.25) is 0 Å². The summed E-state index contributed by atoms with van der Waals surface area (Å²) in [4.78, 5) is 0. The summed E-state index contributed by atoms with van der Waals surface area (Å²) >= 11 is 3.01. The second-order valence-electron chi connectivity index (χ2n) is 6.00. The molecule has 0 aliphatic rings. The molecule has 0 fully saturated rings. The van der Waals surface area contributed by atoms with Crippen molar-refractivity contribution in [3.05, 3.63) is 65.0 Å². The van der Waals surface area contributed by atoms with Gasteiger partial charge in [-0.1, -0.05) is 48.2 Å². The number of nitrogens with zero attached hydrogens (tertiary/aromatic N) is 3. The van der Waals surface area contributed by atoms with E-state index in [2.05, 4.69) is 21.6 Å². The van der Waals surface area contributed by atoms with Gasteiger partial charge >= 0.3 is 6.18 Å². The van der Waals surface area contributed by atoms with Crippen LogP contribution < -0.4 is 0 Å². The second kappa shape index (κ2) is 7.01. The Balaban J connectivity index is 1.57. The number of hydrogen-bond acceptors (Lipinski definition) is 4. The van der Waals surface area contributed by atoms with Gasteiger partial charge in [-0.3, -0.25) is 0 Å². The zero-order valence-corrected chi connectivity index (χ0v) is 15.8. The quantitative estimate of drug-likeness (QED) is 0.390. The molecule has 0 N–H and O–H groups in total. The van der Waals surface area contributed by atoms with Gasteiger partial charge in [-0.25, -0.2) is 0 Å². The van der Waals surface area contributed by atoms with Crippen molar-refractivity contribution in [3.63, 3.8) is 0 Å². The Labute approximate surface area is 161 Å². The van der Waals surface area contributed by atoms with Gasteiger partial charge in [0, 0.05) is 33.8 Å². The lowest BCUT2D eigenvalue weighted by Crippen LogP contribution is -2.05. The lowest BCUT2D eigenvalue weighted by Gasteiger charge is -2.08. The molecule has 8 heteroatoms. The van der Waals surface area contributed by atoms with Crippen LogP contribution in [0, 0.1) is 0 Å². The van der Waals surface area contributed by atoms with Crippen LogP contribution in [0.2, 0.25) is 0 Å². The largest absolute Gasteiger partial charge is 0.416 e. The summed E-state index contributed by atoms with van der Waals surface area (Å²) in [6.45, 7) is 0. The summed E-state index contributed by atoms with van der Waals surface area (Å²) in [7, 11) is 1.87. The van der Waals surface area contributed by atoms with E-state index >= 15 is 0 Å². The zero-order chi connectivity index (χ0) is 19.0. The first-order chi connectivity index (χ1) is 12.9. The second-order valence-corrected chi connectivity index (χ2v) is 7.85. The average molecular weight is 405 g/mol. The molecular formula is C19H14F3N3S2. The van der Waals surface area contributed by atoms with Crippen molar-refractivity contribution in [2.24, 2.45) is 7.05 Å². The van der Waals surface area contributed by atoms with Crippen molar-refractivity contribution in [2.45, 2.75) is 17.1 Å². The monoisotopic (exact) mass is 405 g/mol. The van der Waals surface area contributed by atoms with E-state index < -0.39 is 11.7 Å². The molecule has 0 aliphatic heterocycles. The van der Waals surface area contributed by atoms with Crippen LogP contribution in [-0.4, -0.2) is 14.8 Å². The molecule has 138 valence electrons. The van der Waals surface area contributed by atoms with Crippen LogP contribution in [0.25, 0.3) is 21.5 Å². The number of thioether (sulfide) groups is 1. The van der Waals surface area contributed by atoms with E-state index in [0.717, 1.165) is 22.8 Å². The maximum atomic E-state index is 12.9. The molecule has 2 aromatic heterocycles. The molecule has 2 heterocycles. The lowest BCUT2D eigenvalue weighted by atomic mass is 10.1. The number of hydrogen-bond donors (Lipinski definition) is 0. The summed E-state index contributed by atoms with van der Waals surface area (Å²) in [5.74, 6) is 1.14.